The SMILES string of the molecule is CO/C(F)=C(\C(=O)OOC(=O)/C=C/F)c1ccccc1OC. The van der Waals surface area contributed by atoms with E-state index >= 15 is 0 Å². The van der Waals surface area contributed by atoms with E-state index < -0.39 is 23.5 Å². The summed E-state index contributed by atoms with van der Waals surface area (Å²) in [5, 5.41) is 0. The molecule has 6 nitrogen and oxygen atoms in total. The van der Waals surface area contributed by atoms with Crippen molar-refractivity contribution >= 4 is 17.5 Å². The molecule has 0 heterocycles. The molecule has 118 valence electrons. The van der Waals surface area contributed by atoms with Crippen molar-refractivity contribution in [2.24, 2.45) is 0 Å². The van der Waals surface area contributed by atoms with Gasteiger partial charge in [-0.1, -0.05) is 18.2 Å². The highest BCUT2D eigenvalue weighted by Crippen LogP contribution is 2.30. The second kappa shape index (κ2) is 8.40. The van der Waals surface area contributed by atoms with E-state index in [1.165, 1.54) is 25.3 Å². The summed E-state index contributed by atoms with van der Waals surface area (Å²) in [5.74, 6) is -2.48. The molecule has 0 aliphatic rings. The Labute approximate surface area is 124 Å². The van der Waals surface area contributed by atoms with Crippen molar-refractivity contribution in [3.63, 3.8) is 0 Å². The van der Waals surface area contributed by atoms with E-state index in [1.807, 2.05) is 0 Å². The number of rotatable bonds is 5. The van der Waals surface area contributed by atoms with Gasteiger partial charge in [0.25, 0.3) is 6.01 Å². The third-order valence-electron chi connectivity index (χ3n) is 2.35. The molecule has 22 heavy (non-hydrogen) atoms. The number of carbonyl (C=O) groups is 2. The van der Waals surface area contributed by atoms with Crippen LogP contribution < -0.4 is 4.74 Å². The van der Waals surface area contributed by atoms with Crippen LogP contribution in [0.15, 0.2) is 42.7 Å². The Morgan fingerprint density at radius 3 is 2.41 bits per heavy atom. The molecular formula is C14H12F2O6. The number of halogens is 2. The zero-order chi connectivity index (χ0) is 16.5. The van der Waals surface area contributed by atoms with Crippen LogP contribution in [0.3, 0.4) is 0 Å². The molecule has 0 saturated carbocycles. The molecule has 1 rings (SSSR count). The molecule has 0 radical (unpaired) electrons. The maximum atomic E-state index is 13.8. The van der Waals surface area contributed by atoms with Crippen LogP contribution in [0, 0.1) is 0 Å². The predicted octanol–water partition coefficient (Wildman–Crippen LogP) is 2.46. The van der Waals surface area contributed by atoms with Gasteiger partial charge in [0.2, 0.25) is 0 Å². The summed E-state index contributed by atoms with van der Waals surface area (Å²) in [7, 11) is 2.31. The van der Waals surface area contributed by atoms with E-state index in [-0.39, 0.29) is 17.6 Å². The van der Waals surface area contributed by atoms with Gasteiger partial charge in [-0.3, -0.25) is 0 Å². The maximum Gasteiger partial charge on any atom is 0.393 e. The minimum Gasteiger partial charge on any atom is -0.496 e. The first-order chi connectivity index (χ1) is 10.5. The molecule has 0 aromatic heterocycles. The summed E-state index contributed by atoms with van der Waals surface area (Å²) >= 11 is 0. The zero-order valence-corrected chi connectivity index (χ0v) is 11.7. The number of hydrogen-bond donors (Lipinski definition) is 0. The molecule has 0 saturated heterocycles. The van der Waals surface area contributed by atoms with Crippen LogP contribution in [-0.4, -0.2) is 26.2 Å². The molecule has 0 atom stereocenters. The Morgan fingerprint density at radius 2 is 1.82 bits per heavy atom. The van der Waals surface area contributed by atoms with E-state index in [1.54, 1.807) is 6.07 Å². The Balaban J connectivity index is 3.10. The first-order valence-electron chi connectivity index (χ1n) is 5.81. The van der Waals surface area contributed by atoms with Crippen molar-refractivity contribution < 1.29 is 37.6 Å². The van der Waals surface area contributed by atoms with Crippen LogP contribution in [0.2, 0.25) is 0 Å². The third-order valence-corrected chi connectivity index (χ3v) is 2.35. The molecule has 1 aromatic carbocycles. The average molecular weight is 314 g/mol. The summed E-state index contributed by atoms with van der Waals surface area (Å²) in [5.41, 5.74) is -0.636. The number of benzene rings is 1. The Bertz CT molecular complexity index is 609. The molecule has 8 heteroatoms. The summed E-state index contributed by atoms with van der Waals surface area (Å²) in [4.78, 5) is 30.9. The van der Waals surface area contributed by atoms with E-state index in [4.69, 9.17) is 4.74 Å². The zero-order valence-electron chi connectivity index (χ0n) is 11.7. The molecule has 0 spiro atoms. The Hall–Kier alpha value is -2.90. The van der Waals surface area contributed by atoms with Crippen molar-refractivity contribution in [2.75, 3.05) is 14.2 Å². The van der Waals surface area contributed by atoms with Gasteiger partial charge in [0.05, 0.1) is 26.6 Å². The molecule has 0 amide bonds. The molecule has 0 fully saturated rings. The van der Waals surface area contributed by atoms with Gasteiger partial charge in [0, 0.05) is 5.56 Å². The van der Waals surface area contributed by atoms with Crippen LogP contribution in [0.4, 0.5) is 8.78 Å². The summed E-state index contributed by atoms with van der Waals surface area (Å²) in [6, 6.07) is 4.70. The summed E-state index contributed by atoms with van der Waals surface area (Å²) in [6.07, 6.45) is 0.259. The van der Waals surface area contributed by atoms with E-state index in [0.717, 1.165) is 7.11 Å². The minimum absolute atomic E-state index is 0.0198. The molecule has 0 aliphatic heterocycles. The number of ether oxygens (including phenoxy) is 2. The monoisotopic (exact) mass is 314 g/mol. The summed E-state index contributed by atoms with van der Waals surface area (Å²) in [6.45, 7) is 0. The van der Waals surface area contributed by atoms with Crippen LogP contribution in [-0.2, 0) is 24.1 Å². The lowest BCUT2D eigenvalue weighted by Crippen LogP contribution is -2.13. The van der Waals surface area contributed by atoms with Gasteiger partial charge in [-0.15, -0.1) is 0 Å². The van der Waals surface area contributed by atoms with Gasteiger partial charge in [0.15, 0.2) is 0 Å². The van der Waals surface area contributed by atoms with Crippen molar-refractivity contribution in [1.29, 1.82) is 0 Å². The van der Waals surface area contributed by atoms with Crippen molar-refractivity contribution in [2.45, 2.75) is 0 Å². The van der Waals surface area contributed by atoms with Gasteiger partial charge in [0.1, 0.15) is 11.3 Å². The highest BCUT2D eigenvalue weighted by molar-refractivity contribution is 6.17. The Morgan fingerprint density at radius 1 is 1.14 bits per heavy atom. The van der Waals surface area contributed by atoms with Gasteiger partial charge in [-0.2, -0.15) is 4.39 Å². The van der Waals surface area contributed by atoms with Crippen molar-refractivity contribution in [1.82, 2.24) is 0 Å². The molecule has 0 unspecified atom stereocenters. The fourth-order valence-corrected chi connectivity index (χ4v) is 1.45. The smallest absolute Gasteiger partial charge is 0.393 e. The lowest BCUT2D eigenvalue weighted by molar-refractivity contribution is -0.249. The van der Waals surface area contributed by atoms with Crippen LogP contribution in [0.25, 0.3) is 5.57 Å². The predicted molar refractivity (Wildman–Crippen MR) is 70.5 cm³/mol. The second-order valence-corrected chi connectivity index (χ2v) is 3.62. The topological polar surface area (TPSA) is 71.1 Å². The number of para-hydroxylation sites is 1. The third kappa shape index (κ3) is 4.30. The van der Waals surface area contributed by atoms with Crippen molar-refractivity contribution in [3.05, 3.63) is 48.2 Å². The molecule has 0 N–H and O–H groups in total. The van der Waals surface area contributed by atoms with Crippen LogP contribution in [0.5, 0.6) is 5.75 Å². The lowest BCUT2D eigenvalue weighted by atomic mass is 10.1. The van der Waals surface area contributed by atoms with E-state index in [9.17, 15) is 18.4 Å². The molecule has 0 bridgehead atoms. The minimum atomic E-state index is -1.36. The largest absolute Gasteiger partial charge is 0.496 e. The van der Waals surface area contributed by atoms with Gasteiger partial charge in [-0.25, -0.2) is 23.8 Å². The standard InChI is InChI=1S/C14H12F2O6/c1-19-10-6-4-3-5-9(10)12(13(16)20-2)14(18)22-21-11(17)7-8-15/h3-8H,1-2H3/b8-7+,13-12-. The quantitative estimate of drug-likeness (QED) is 0.360. The first-order valence-corrected chi connectivity index (χ1v) is 5.81. The maximum absolute atomic E-state index is 13.8. The van der Waals surface area contributed by atoms with Crippen molar-refractivity contribution in [3.8, 4) is 5.75 Å². The number of carbonyl (C=O) groups excluding carboxylic acids is 2. The molecular weight excluding hydrogens is 302 g/mol. The highest BCUT2D eigenvalue weighted by Gasteiger charge is 2.25. The lowest BCUT2D eigenvalue weighted by Gasteiger charge is -2.11. The van der Waals surface area contributed by atoms with E-state index in [2.05, 4.69) is 14.5 Å². The fourth-order valence-electron chi connectivity index (χ4n) is 1.45. The van der Waals surface area contributed by atoms with Gasteiger partial charge < -0.3 is 9.47 Å². The number of methoxy groups -OCH3 is 2. The van der Waals surface area contributed by atoms with Gasteiger partial charge in [-0.05, 0) is 6.07 Å². The van der Waals surface area contributed by atoms with Crippen LogP contribution in [0.1, 0.15) is 5.56 Å². The second-order valence-electron chi connectivity index (χ2n) is 3.62. The fraction of sp³-hybridized carbons (Fsp3) is 0.143. The first kappa shape index (κ1) is 17.2. The molecule has 1 aromatic rings. The Kier molecular flexibility index (Phi) is 6.55. The number of hydrogen-bond acceptors (Lipinski definition) is 6. The van der Waals surface area contributed by atoms with E-state index in [0.29, 0.717) is 6.08 Å². The van der Waals surface area contributed by atoms with Gasteiger partial charge >= 0.3 is 11.9 Å². The summed E-state index contributed by atoms with van der Waals surface area (Å²) < 4.78 is 34.9. The van der Waals surface area contributed by atoms with Crippen LogP contribution >= 0.6 is 0 Å². The highest BCUT2D eigenvalue weighted by atomic mass is 19.1. The normalized spacial score (nSPS) is 11.6. The average Bonchev–Trinajstić information content (AvgIpc) is 2.53. The molecule has 0 aliphatic carbocycles.